The Morgan fingerprint density at radius 2 is 2.23 bits per heavy atom. The average Bonchev–Trinajstić information content (AvgIpc) is 2.36. The van der Waals surface area contributed by atoms with E-state index in [-0.39, 0.29) is 5.97 Å². The number of carbonyl (C=O) groups excluding carboxylic acids is 1. The van der Waals surface area contributed by atoms with Crippen molar-refractivity contribution in [3.8, 4) is 5.75 Å². The molecule has 0 amide bonds. The number of carbonyl (C=O) groups is 1. The molecule has 4 nitrogen and oxygen atoms in total. The molecule has 1 aromatic heterocycles. The second-order valence-corrected chi connectivity index (χ2v) is 2.88. The van der Waals surface area contributed by atoms with E-state index in [1.165, 1.54) is 0 Å². The van der Waals surface area contributed by atoms with Crippen LogP contribution < -0.4 is 4.74 Å². The van der Waals surface area contributed by atoms with E-state index in [9.17, 15) is 4.79 Å². The molecular weight excluding hydrogens is 170 g/mol. The van der Waals surface area contributed by atoms with Gasteiger partial charge in [-0.2, -0.15) is 0 Å². The van der Waals surface area contributed by atoms with Gasteiger partial charge in [0.1, 0.15) is 5.69 Å². The first-order valence-electron chi connectivity index (χ1n) is 4.28. The molecular formula is C9H13NO3. The van der Waals surface area contributed by atoms with Gasteiger partial charge in [0.05, 0.1) is 0 Å². The Morgan fingerprint density at radius 3 is 2.69 bits per heavy atom. The lowest BCUT2D eigenvalue weighted by molar-refractivity contribution is -0.134. The predicted octanol–water partition coefficient (Wildman–Crippen LogP) is 2.00. The van der Waals surface area contributed by atoms with Crippen LogP contribution in [0.1, 0.15) is 31.2 Å². The van der Waals surface area contributed by atoms with E-state index < -0.39 is 0 Å². The Hall–Kier alpha value is -1.32. The largest absolute Gasteiger partial charge is 0.421 e. The molecule has 0 aliphatic carbocycles. The van der Waals surface area contributed by atoms with Crippen LogP contribution in [0, 0.1) is 13.8 Å². The summed E-state index contributed by atoms with van der Waals surface area (Å²) in [6.07, 6.45) is 1.20. The summed E-state index contributed by atoms with van der Waals surface area (Å²) >= 11 is 0. The third-order valence-corrected chi connectivity index (χ3v) is 1.64. The molecule has 0 saturated carbocycles. The van der Waals surface area contributed by atoms with Gasteiger partial charge in [-0.25, -0.2) is 0 Å². The standard InChI is InChI=1S/C9H13NO3/c1-4-5-8(11)12-9-6(2)10-13-7(9)3/h4-5H2,1-3H3. The van der Waals surface area contributed by atoms with Gasteiger partial charge in [-0.1, -0.05) is 12.1 Å². The summed E-state index contributed by atoms with van der Waals surface area (Å²) in [5, 5.41) is 3.68. The van der Waals surface area contributed by atoms with Crippen LogP contribution in [0.3, 0.4) is 0 Å². The smallest absolute Gasteiger partial charge is 0.311 e. The maximum atomic E-state index is 11.1. The minimum atomic E-state index is -0.239. The van der Waals surface area contributed by atoms with Gasteiger partial charge in [-0.15, -0.1) is 0 Å². The van der Waals surface area contributed by atoms with Crippen LogP contribution in [0.15, 0.2) is 4.52 Å². The van der Waals surface area contributed by atoms with E-state index in [0.29, 0.717) is 23.6 Å². The Labute approximate surface area is 76.9 Å². The fourth-order valence-corrected chi connectivity index (χ4v) is 0.989. The normalized spacial score (nSPS) is 10.1. The monoisotopic (exact) mass is 183 g/mol. The molecule has 0 bridgehead atoms. The second-order valence-electron chi connectivity index (χ2n) is 2.88. The molecule has 0 spiro atoms. The minimum Gasteiger partial charge on any atom is -0.421 e. The van der Waals surface area contributed by atoms with Crippen LogP contribution in [0.4, 0.5) is 0 Å². The summed E-state index contributed by atoms with van der Waals surface area (Å²) in [5.74, 6) is 0.761. The molecule has 13 heavy (non-hydrogen) atoms. The van der Waals surface area contributed by atoms with Gasteiger partial charge in [0, 0.05) is 13.3 Å². The summed E-state index contributed by atoms with van der Waals surface area (Å²) in [6, 6.07) is 0. The average molecular weight is 183 g/mol. The zero-order chi connectivity index (χ0) is 9.84. The lowest BCUT2D eigenvalue weighted by atomic mass is 10.3. The van der Waals surface area contributed by atoms with Gasteiger partial charge in [0.25, 0.3) is 0 Å². The molecule has 0 N–H and O–H groups in total. The van der Waals surface area contributed by atoms with E-state index in [2.05, 4.69) is 5.16 Å². The zero-order valence-corrected chi connectivity index (χ0v) is 8.09. The molecule has 0 aromatic carbocycles. The fraction of sp³-hybridized carbons (Fsp3) is 0.556. The van der Waals surface area contributed by atoms with Gasteiger partial charge < -0.3 is 9.26 Å². The first-order valence-corrected chi connectivity index (χ1v) is 4.28. The molecule has 0 radical (unpaired) electrons. The molecule has 0 unspecified atom stereocenters. The first kappa shape index (κ1) is 9.77. The Balaban J connectivity index is 2.68. The van der Waals surface area contributed by atoms with Crippen molar-refractivity contribution in [1.82, 2.24) is 5.16 Å². The number of ether oxygens (including phenoxy) is 1. The van der Waals surface area contributed by atoms with Crippen LogP contribution in [-0.4, -0.2) is 11.1 Å². The first-order chi connectivity index (χ1) is 6.15. The molecule has 4 heteroatoms. The highest BCUT2D eigenvalue weighted by atomic mass is 16.6. The Bertz CT molecular complexity index is 284. The molecule has 1 heterocycles. The van der Waals surface area contributed by atoms with Crippen LogP contribution in [0.2, 0.25) is 0 Å². The lowest BCUT2D eigenvalue weighted by Gasteiger charge is -2.00. The molecule has 1 aromatic rings. The van der Waals surface area contributed by atoms with E-state index >= 15 is 0 Å². The number of rotatable bonds is 3. The summed E-state index contributed by atoms with van der Waals surface area (Å²) in [4.78, 5) is 11.1. The van der Waals surface area contributed by atoms with E-state index in [4.69, 9.17) is 9.26 Å². The number of aryl methyl sites for hydroxylation is 2. The van der Waals surface area contributed by atoms with E-state index in [1.807, 2.05) is 6.92 Å². The van der Waals surface area contributed by atoms with Gasteiger partial charge in [-0.3, -0.25) is 4.79 Å². The maximum Gasteiger partial charge on any atom is 0.311 e. The summed E-state index contributed by atoms with van der Waals surface area (Å²) < 4.78 is 9.91. The molecule has 0 saturated heterocycles. The van der Waals surface area contributed by atoms with Crippen molar-refractivity contribution in [2.24, 2.45) is 0 Å². The second kappa shape index (κ2) is 4.07. The summed E-state index contributed by atoms with van der Waals surface area (Å²) in [6.45, 7) is 5.38. The minimum absolute atomic E-state index is 0.239. The fourth-order valence-electron chi connectivity index (χ4n) is 0.989. The van der Waals surface area contributed by atoms with Gasteiger partial charge >= 0.3 is 5.97 Å². The number of hydrogen-bond acceptors (Lipinski definition) is 4. The van der Waals surface area contributed by atoms with Gasteiger partial charge in [0.2, 0.25) is 0 Å². The lowest BCUT2D eigenvalue weighted by Crippen LogP contribution is -2.07. The van der Waals surface area contributed by atoms with Gasteiger partial charge in [-0.05, 0) is 13.3 Å². The Morgan fingerprint density at radius 1 is 1.54 bits per heavy atom. The summed E-state index contributed by atoms with van der Waals surface area (Å²) in [5.41, 5.74) is 0.613. The van der Waals surface area contributed by atoms with Crippen molar-refractivity contribution in [2.75, 3.05) is 0 Å². The van der Waals surface area contributed by atoms with E-state index in [0.717, 1.165) is 6.42 Å². The SMILES string of the molecule is CCCC(=O)Oc1c(C)noc1C. The van der Waals surface area contributed by atoms with E-state index in [1.54, 1.807) is 13.8 Å². The topological polar surface area (TPSA) is 52.3 Å². The third-order valence-electron chi connectivity index (χ3n) is 1.64. The molecule has 0 fully saturated rings. The highest BCUT2D eigenvalue weighted by Gasteiger charge is 2.13. The molecule has 0 atom stereocenters. The molecule has 0 aliphatic heterocycles. The van der Waals surface area contributed by atoms with Gasteiger partial charge in [0.15, 0.2) is 11.5 Å². The molecule has 72 valence electrons. The third kappa shape index (κ3) is 2.31. The molecule has 0 aliphatic rings. The number of hydrogen-bond donors (Lipinski definition) is 0. The zero-order valence-electron chi connectivity index (χ0n) is 8.09. The predicted molar refractivity (Wildman–Crippen MR) is 46.5 cm³/mol. The maximum absolute atomic E-state index is 11.1. The Kier molecular flexibility index (Phi) is 3.06. The van der Waals surface area contributed by atoms with Crippen molar-refractivity contribution < 1.29 is 14.1 Å². The van der Waals surface area contributed by atoms with Crippen molar-refractivity contribution >= 4 is 5.97 Å². The summed E-state index contributed by atoms with van der Waals surface area (Å²) in [7, 11) is 0. The number of nitrogens with zero attached hydrogens (tertiary/aromatic N) is 1. The molecule has 1 rings (SSSR count). The van der Waals surface area contributed by atoms with Crippen molar-refractivity contribution in [3.05, 3.63) is 11.5 Å². The van der Waals surface area contributed by atoms with Crippen molar-refractivity contribution in [1.29, 1.82) is 0 Å². The van der Waals surface area contributed by atoms with Crippen LogP contribution >= 0.6 is 0 Å². The van der Waals surface area contributed by atoms with Crippen molar-refractivity contribution in [2.45, 2.75) is 33.6 Å². The van der Waals surface area contributed by atoms with Crippen LogP contribution in [-0.2, 0) is 4.79 Å². The van der Waals surface area contributed by atoms with Crippen LogP contribution in [0.25, 0.3) is 0 Å². The highest BCUT2D eigenvalue weighted by molar-refractivity contribution is 5.72. The van der Waals surface area contributed by atoms with Crippen molar-refractivity contribution in [3.63, 3.8) is 0 Å². The quantitative estimate of drug-likeness (QED) is 0.672. The van der Waals surface area contributed by atoms with Crippen LogP contribution in [0.5, 0.6) is 5.75 Å². The highest BCUT2D eigenvalue weighted by Crippen LogP contribution is 2.22. The number of aromatic nitrogens is 1. The number of esters is 1.